The van der Waals surface area contributed by atoms with Crippen LogP contribution in [0.25, 0.3) is 0 Å². The molecule has 0 saturated carbocycles. The van der Waals surface area contributed by atoms with Crippen LogP contribution in [-0.2, 0) is 11.3 Å². The fourth-order valence-electron chi connectivity index (χ4n) is 3.31. The summed E-state index contributed by atoms with van der Waals surface area (Å²) in [5.74, 6) is 2.35. The van der Waals surface area contributed by atoms with Crippen molar-refractivity contribution in [3.63, 3.8) is 0 Å². The third-order valence-electron chi connectivity index (χ3n) is 4.74. The number of hydrogen-bond donors (Lipinski definition) is 1. The molecule has 1 N–H and O–H groups in total. The van der Waals surface area contributed by atoms with Crippen molar-refractivity contribution in [2.45, 2.75) is 19.1 Å². The highest BCUT2D eigenvalue weighted by atomic mass is 19.4. The van der Waals surface area contributed by atoms with Crippen molar-refractivity contribution in [2.75, 3.05) is 59.8 Å². The largest absolute Gasteiger partial charge is 0.454 e. The number of fused-ring (bicyclic) bond motifs is 1. The molecule has 162 valence electrons. The summed E-state index contributed by atoms with van der Waals surface area (Å²) in [5.41, 5.74) is 1.18. The van der Waals surface area contributed by atoms with Gasteiger partial charge in [-0.3, -0.25) is 9.89 Å². The first-order valence-corrected chi connectivity index (χ1v) is 9.65. The van der Waals surface area contributed by atoms with Crippen LogP contribution >= 0.6 is 0 Å². The lowest BCUT2D eigenvalue weighted by Crippen LogP contribution is -2.52. The van der Waals surface area contributed by atoms with Gasteiger partial charge in [-0.1, -0.05) is 6.07 Å². The molecule has 2 heterocycles. The van der Waals surface area contributed by atoms with Crippen molar-refractivity contribution < 1.29 is 27.4 Å². The fourth-order valence-corrected chi connectivity index (χ4v) is 3.31. The van der Waals surface area contributed by atoms with E-state index in [0.29, 0.717) is 13.0 Å². The van der Waals surface area contributed by atoms with Gasteiger partial charge in [-0.2, -0.15) is 13.2 Å². The number of nitrogens with zero attached hydrogens (tertiary/aromatic N) is 3. The minimum absolute atomic E-state index is 0.0623. The maximum absolute atomic E-state index is 12.0. The zero-order valence-corrected chi connectivity index (χ0v) is 16.5. The number of aliphatic imine (C=N–C) groups is 1. The number of ether oxygens (including phenoxy) is 3. The van der Waals surface area contributed by atoms with Gasteiger partial charge in [-0.15, -0.1) is 0 Å². The summed E-state index contributed by atoms with van der Waals surface area (Å²) in [7, 11) is 1.71. The predicted octanol–water partition coefficient (Wildman–Crippen LogP) is 2.08. The van der Waals surface area contributed by atoms with Gasteiger partial charge in [0.25, 0.3) is 0 Å². The Labute approximate surface area is 168 Å². The molecule has 10 heteroatoms. The molecular formula is C19H27F3N4O3. The third kappa shape index (κ3) is 6.67. The molecule has 0 radical (unpaired) electrons. The van der Waals surface area contributed by atoms with E-state index >= 15 is 0 Å². The standard InChI is InChI=1S/C19H27F3N4O3/c1-23-18(24-5-2-10-27-13-19(20,21)22)26-8-6-25(7-9-26)12-15-3-4-16-17(11-15)29-14-28-16/h3-4,11H,2,5-10,12-14H2,1H3,(H,23,24). The molecule has 0 bridgehead atoms. The van der Waals surface area contributed by atoms with Crippen LogP contribution in [0.5, 0.6) is 11.5 Å². The molecule has 1 fully saturated rings. The highest BCUT2D eigenvalue weighted by Gasteiger charge is 2.27. The summed E-state index contributed by atoms with van der Waals surface area (Å²) in [5, 5.41) is 3.20. The summed E-state index contributed by atoms with van der Waals surface area (Å²) in [4.78, 5) is 8.81. The number of hydrogen-bond acceptors (Lipinski definition) is 5. The van der Waals surface area contributed by atoms with E-state index in [1.165, 1.54) is 5.56 Å². The molecule has 3 rings (SSSR count). The van der Waals surface area contributed by atoms with E-state index in [4.69, 9.17) is 9.47 Å². The molecular weight excluding hydrogens is 389 g/mol. The molecule has 29 heavy (non-hydrogen) atoms. The van der Waals surface area contributed by atoms with E-state index in [2.05, 4.69) is 30.9 Å². The van der Waals surface area contributed by atoms with Gasteiger partial charge in [-0.25, -0.2) is 0 Å². The Morgan fingerprint density at radius 3 is 2.66 bits per heavy atom. The van der Waals surface area contributed by atoms with Gasteiger partial charge in [0.05, 0.1) is 0 Å². The van der Waals surface area contributed by atoms with Crippen LogP contribution < -0.4 is 14.8 Å². The number of rotatable bonds is 7. The Hall–Kier alpha value is -2.20. The maximum Gasteiger partial charge on any atom is 0.411 e. The Morgan fingerprint density at radius 1 is 1.17 bits per heavy atom. The normalized spacial score (nSPS) is 17.7. The van der Waals surface area contributed by atoms with Crippen LogP contribution in [0.3, 0.4) is 0 Å². The molecule has 0 aromatic heterocycles. The molecule has 1 aromatic carbocycles. The Morgan fingerprint density at radius 2 is 1.93 bits per heavy atom. The minimum atomic E-state index is -4.27. The maximum atomic E-state index is 12.0. The number of guanidine groups is 1. The van der Waals surface area contributed by atoms with Crippen LogP contribution in [0.15, 0.2) is 23.2 Å². The average Bonchev–Trinajstić information content (AvgIpc) is 3.15. The summed E-state index contributed by atoms with van der Waals surface area (Å²) in [6.45, 7) is 3.93. The highest BCUT2D eigenvalue weighted by Crippen LogP contribution is 2.32. The molecule has 1 aromatic rings. The summed E-state index contributed by atoms with van der Waals surface area (Å²) in [6, 6.07) is 6.02. The van der Waals surface area contributed by atoms with Gasteiger partial charge in [0.2, 0.25) is 6.79 Å². The zero-order valence-electron chi connectivity index (χ0n) is 16.5. The first kappa shape index (κ1) is 21.5. The second kappa shape index (κ2) is 10.0. The summed E-state index contributed by atoms with van der Waals surface area (Å²) >= 11 is 0. The lowest BCUT2D eigenvalue weighted by atomic mass is 10.1. The Balaban J connectivity index is 1.35. The van der Waals surface area contributed by atoms with Gasteiger partial charge >= 0.3 is 6.18 Å². The quantitative estimate of drug-likeness (QED) is 0.417. The molecule has 2 aliphatic heterocycles. The lowest BCUT2D eigenvalue weighted by molar-refractivity contribution is -0.173. The van der Waals surface area contributed by atoms with E-state index in [-0.39, 0.29) is 13.4 Å². The van der Waals surface area contributed by atoms with Gasteiger partial charge in [0.1, 0.15) is 6.61 Å². The van der Waals surface area contributed by atoms with Gasteiger partial charge < -0.3 is 24.4 Å². The smallest absolute Gasteiger partial charge is 0.411 e. The van der Waals surface area contributed by atoms with Gasteiger partial charge in [-0.05, 0) is 24.1 Å². The highest BCUT2D eigenvalue weighted by molar-refractivity contribution is 5.79. The van der Waals surface area contributed by atoms with Crippen LogP contribution in [-0.4, -0.2) is 81.7 Å². The van der Waals surface area contributed by atoms with E-state index in [1.54, 1.807) is 7.05 Å². The van der Waals surface area contributed by atoms with Crippen molar-refractivity contribution in [3.8, 4) is 11.5 Å². The van der Waals surface area contributed by atoms with Crippen LogP contribution in [0.1, 0.15) is 12.0 Å². The van der Waals surface area contributed by atoms with E-state index in [1.807, 2.05) is 12.1 Å². The second-order valence-electron chi connectivity index (χ2n) is 6.95. The Kier molecular flexibility index (Phi) is 7.43. The average molecular weight is 416 g/mol. The topological polar surface area (TPSA) is 58.6 Å². The zero-order chi connectivity index (χ0) is 20.7. The van der Waals surface area contributed by atoms with E-state index in [0.717, 1.165) is 50.2 Å². The molecule has 2 aliphatic rings. The van der Waals surface area contributed by atoms with Crippen molar-refractivity contribution >= 4 is 5.96 Å². The molecule has 0 spiro atoms. The summed E-state index contributed by atoms with van der Waals surface area (Å²) < 4.78 is 51.5. The van der Waals surface area contributed by atoms with Crippen LogP contribution in [0.4, 0.5) is 13.2 Å². The molecule has 0 atom stereocenters. The second-order valence-corrected chi connectivity index (χ2v) is 6.95. The fraction of sp³-hybridized carbons (Fsp3) is 0.632. The van der Waals surface area contributed by atoms with E-state index in [9.17, 15) is 13.2 Å². The number of nitrogens with one attached hydrogen (secondary N) is 1. The first-order valence-electron chi connectivity index (χ1n) is 9.65. The van der Waals surface area contributed by atoms with Crippen LogP contribution in [0.2, 0.25) is 0 Å². The molecule has 0 unspecified atom stereocenters. The van der Waals surface area contributed by atoms with Crippen molar-refractivity contribution in [2.24, 2.45) is 4.99 Å². The predicted molar refractivity (Wildman–Crippen MR) is 102 cm³/mol. The first-order chi connectivity index (χ1) is 13.9. The molecule has 0 amide bonds. The SMILES string of the molecule is CN=C(NCCCOCC(F)(F)F)N1CCN(Cc2ccc3c(c2)OCO3)CC1. The van der Waals surface area contributed by atoms with Crippen LogP contribution in [0, 0.1) is 0 Å². The monoisotopic (exact) mass is 416 g/mol. The van der Waals surface area contributed by atoms with Crippen molar-refractivity contribution in [1.29, 1.82) is 0 Å². The molecule has 7 nitrogen and oxygen atoms in total. The number of halogens is 3. The van der Waals surface area contributed by atoms with Gasteiger partial charge in [0, 0.05) is 52.9 Å². The Bertz CT molecular complexity index is 692. The van der Waals surface area contributed by atoms with Crippen molar-refractivity contribution in [1.82, 2.24) is 15.1 Å². The minimum Gasteiger partial charge on any atom is -0.454 e. The van der Waals surface area contributed by atoms with Crippen molar-refractivity contribution in [3.05, 3.63) is 23.8 Å². The third-order valence-corrected chi connectivity index (χ3v) is 4.74. The van der Waals surface area contributed by atoms with Gasteiger partial charge in [0.15, 0.2) is 17.5 Å². The molecule has 1 saturated heterocycles. The number of alkyl halides is 3. The number of piperazine rings is 1. The van der Waals surface area contributed by atoms with E-state index < -0.39 is 12.8 Å². The molecule has 0 aliphatic carbocycles. The summed E-state index contributed by atoms with van der Waals surface area (Å²) in [6.07, 6.45) is -3.79. The number of benzene rings is 1. The lowest BCUT2D eigenvalue weighted by Gasteiger charge is -2.36.